The monoisotopic (exact) mass is 357 g/mol. The van der Waals surface area contributed by atoms with Gasteiger partial charge in [0.2, 0.25) is 0 Å². The average molecular weight is 357 g/mol. The minimum atomic E-state index is -0.372. The Bertz CT molecular complexity index is 710. The van der Waals surface area contributed by atoms with Gasteiger partial charge in [-0.2, -0.15) is 0 Å². The topological polar surface area (TPSA) is 73.9 Å². The van der Waals surface area contributed by atoms with Crippen LogP contribution in [0.3, 0.4) is 0 Å². The van der Waals surface area contributed by atoms with Crippen LogP contribution < -0.4 is 14.8 Å². The number of carbonyl (C=O) groups is 2. The molecule has 2 aromatic rings. The maximum absolute atomic E-state index is 12.0. The fraction of sp³-hybridized carbons (Fsp3) is 0.300. The highest BCUT2D eigenvalue weighted by atomic mass is 16.5. The van der Waals surface area contributed by atoms with E-state index in [4.69, 9.17) is 14.2 Å². The number of ether oxygens (including phenoxy) is 3. The number of hydrogen-bond acceptors (Lipinski definition) is 5. The first-order valence-electron chi connectivity index (χ1n) is 8.55. The van der Waals surface area contributed by atoms with Crippen LogP contribution in [0.25, 0.3) is 0 Å². The molecular weight excluding hydrogens is 334 g/mol. The predicted molar refractivity (Wildman–Crippen MR) is 98.8 cm³/mol. The Labute approximate surface area is 153 Å². The number of carbonyl (C=O) groups excluding carboxylic acids is 2. The first-order valence-corrected chi connectivity index (χ1v) is 8.55. The molecule has 6 nitrogen and oxygen atoms in total. The Balaban J connectivity index is 1.81. The first kappa shape index (κ1) is 19.3. The molecule has 0 saturated carbocycles. The van der Waals surface area contributed by atoms with E-state index in [2.05, 4.69) is 5.32 Å². The largest absolute Gasteiger partial charge is 0.494 e. The molecule has 0 aromatic heterocycles. The van der Waals surface area contributed by atoms with Crippen molar-refractivity contribution >= 4 is 17.6 Å². The number of hydrogen-bond donors (Lipinski definition) is 1. The van der Waals surface area contributed by atoms with E-state index in [1.807, 2.05) is 13.8 Å². The van der Waals surface area contributed by atoms with Crippen LogP contribution in [0.5, 0.6) is 11.5 Å². The molecule has 0 radical (unpaired) electrons. The molecule has 0 fully saturated rings. The van der Waals surface area contributed by atoms with Crippen LogP contribution in [-0.4, -0.2) is 31.7 Å². The molecule has 0 spiro atoms. The zero-order valence-corrected chi connectivity index (χ0v) is 15.0. The summed E-state index contributed by atoms with van der Waals surface area (Å²) in [5, 5.41) is 2.71. The number of nitrogens with one attached hydrogen (secondary N) is 1. The smallest absolute Gasteiger partial charge is 0.338 e. The fourth-order valence-electron chi connectivity index (χ4n) is 2.11. The molecule has 0 unspecified atom stereocenters. The Hall–Kier alpha value is -3.02. The predicted octanol–water partition coefficient (Wildman–Crippen LogP) is 3.67. The third-order valence-corrected chi connectivity index (χ3v) is 3.35. The molecule has 0 aliphatic rings. The normalized spacial score (nSPS) is 10.1. The number of anilines is 1. The van der Waals surface area contributed by atoms with Crippen molar-refractivity contribution in [1.82, 2.24) is 0 Å². The summed E-state index contributed by atoms with van der Waals surface area (Å²) in [5.41, 5.74) is 1.03. The SMILES string of the molecule is CCCOC(=O)c1ccc(NC(=O)COc2ccc(OCC)cc2)cc1. The van der Waals surface area contributed by atoms with Crippen LogP contribution in [-0.2, 0) is 9.53 Å². The highest BCUT2D eigenvalue weighted by Crippen LogP contribution is 2.17. The Kier molecular flexibility index (Phi) is 7.49. The molecule has 26 heavy (non-hydrogen) atoms. The molecule has 0 bridgehead atoms. The maximum atomic E-state index is 12.0. The molecule has 1 amide bonds. The maximum Gasteiger partial charge on any atom is 0.338 e. The van der Waals surface area contributed by atoms with Gasteiger partial charge < -0.3 is 19.5 Å². The van der Waals surface area contributed by atoms with Gasteiger partial charge in [-0.15, -0.1) is 0 Å². The van der Waals surface area contributed by atoms with E-state index < -0.39 is 0 Å². The quantitative estimate of drug-likeness (QED) is 0.693. The summed E-state index contributed by atoms with van der Waals surface area (Å²) in [4.78, 5) is 23.7. The molecule has 6 heteroatoms. The van der Waals surface area contributed by atoms with Gasteiger partial charge in [0.15, 0.2) is 6.61 Å². The number of benzene rings is 2. The van der Waals surface area contributed by atoms with Crippen molar-refractivity contribution in [3.05, 3.63) is 54.1 Å². The lowest BCUT2D eigenvalue weighted by Gasteiger charge is -2.09. The van der Waals surface area contributed by atoms with Gasteiger partial charge in [0.05, 0.1) is 18.8 Å². The summed E-state index contributed by atoms with van der Waals surface area (Å²) in [6, 6.07) is 13.6. The second-order valence-electron chi connectivity index (χ2n) is 5.45. The average Bonchev–Trinajstić information content (AvgIpc) is 2.66. The van der Waals surface area contributed by atoms with Gasteiger partial charge in [-0.3, -0.25) is 4.79 Å². The second-order valence-corrected chi connectivity index (χ2v) is 5.45. The summed E-state index contributed by atoms with van der Waals surface area (Å²) >= 11 is 0. The van der Waals surface area contributed by atoms with Gasteiger partial charge in [0.1, 0.15) is 11.5 Å². The summed E-state index contributed by atoms with van der Waals surface area (Å²) in [6.07, 6.45) is 0.772. The van der Waals surface area contributed by atoms with E-state index in [-0.39, 0.29) is 18.5 Å². The first-order chi connectivity index (χ1) is 12.6. The second kappa shape index (κ2) is 10.1. The van der Waals surface area contributed by atoms with Crippen molar-refractivity contribution in [2.45, 2.75) is 20.3 Å². The van der Waals surface area contributed by atoms with E-state index >= 15 is 0 Å². The van der Waals surface area contributed by atoms with E-state index in [9.17, 15) is 9.59 Å². The summed E-state index contributed by atoms with van der Waals surface area (Å²) < 4.78 is 15.8. The van der Waals surface area contributed by atoms with Gasteiger partial charge in [-0.25, -0.2) is 4.79 Å². The molecule has 138 valence electrons. The van der Waals surface area contributed by atoms with E-state index in [0.717, 1.165) is 12.2 Å². The summed E-state index contributed by atoms with van der Waals surface area (Å²) in [6.45, 7) is 4.71. The van der Waals surface area contributed by atoms with Crippen molar-refractivity contribution in [2.75, 3.05) is 25.1 Å². The molecule has 0 aliphatic carbocycles. The lowest BCUT2D eigenvalue weighted by molar-refractivity contribution is -0.118. The lowest BCUT2D eigenvalue weighted by atomic mass is 10.2. The zero-order valence-electron chi connectivity index (χ0n) is 15.0. The minimum Gasteiger partial charge on any atom is -0.494 e. The summed E-state index contributed by atoms with van der Waals surface area (Å²) in [7, 11) is 0. The molecule has 2 aromatic carbocycles. The van der Waals surface area contributed by atoms with Crippen LogP contribution in [0.2, 0.25) is 0 Å². The van der Waals surface area contributed by atoms with Crippen molar-refractivity contribution in [2.24, 2.45) is 0 Å². The van der Waals surface area contributed by atoms with Gasteiger partial charge in [-0.05, 0) is 61.9 Å². The third-order valence-electron chi connectivity index (χ3n) is 3.35. The third kappa shape index (κ3) is 6.12. The summed E-state index contributed by atoms with van der Waals surface area (Å²) in [5.74, 6) is 0.670. The van der Waals surface area contributed by atoms with Gasteiger partial charge in [0.25, 0.3) is 5.91 Å². The molecule has 0 heterocycles. The Morgan fingerprint density at radius 3 is 2.08 bits per heavy atom. The van der Waals surface area contributed by atoms with E-state index in [1.165, 1.54) is 0 Å². The molecule has 2 rings (SSSR count). The minimum absolute atomic E-state index is 0.117. The van der Waals surface area contributed by atoms with Gasteiger partial charge in [0, 0.05) is 5.69 Å². The van der Waals surface area contributed by atoms with Gasteiger partial charge >= 0.3 is 5.97 Å². The molecule has 0 aliphatic heterocycles. The Morgan fingerprint density at radius 1 is 0.885 bits per heavy atom. The molecule has 0 atom stereocenters. The fourth-order valence-corrected chi connectivity index (χ4v) is 2.11. The molecular formula is C20H23NO5. The molecule has 1 N–H and O–H groups in total. The van der Waals surface area contributed by atoms with Crippen molar-refractivity contribution < 1.29 is 23.8 Å². The zero-order chi connectivity index (χ0) is 18.8. The number of esters is 1. The van der Waals surface area contributed by atoms with Crippen molar-refractivity contribution in [1.29, 1.82) is 0 Å². The van der Waals surface area contributed by atoms with E-state index in [1.54, 1.807) is 48.5 Å². The van der Waals surface area contributed by atoms with Crippen molar-refractivity contribution in [3.63, 3.8) is 0 Å². The van der Waals surface area contributed by atoms with Crippen LogP contribution >= 0.6 is 0 Å². The molecule has 0 saturated heterocycles. The number of amides is 1. The van der Waals surface area contributed by atoms with Crippen LogP contribution in [0.4, 0.5) is 5.69 Å². The van der Waals surface area contributed by atoms with E-state index in [0.29, 0.717) is 30.2 Å². The van der Waals surface area contributed by atoms with Crippen LogP contribution in [0, 0.1) is 0 Å². The lowest BCUT2D eigenvalue weighted by Crippen LogP contribution is -2.20. The van der Waals surface area contributed by atoms with Crippen molar-refractivity contribution in [3.8, 4) is 11.5 Å². The number of rotatable bonds is 9. The highest BCUT2D eigenvalue weighted by Gasteiger charge is 2.08. The Morgan fingerprint density at radius 2 is 1.50 bits per heavy atom. The van der Waals surface area contributed by atoms with Crippen LogP contribution in [0.15, 0.2) is 48.5 Å². The van der Waals surface area contributed by atoms with Gasteiger partial charge in [-0.1, -0.05) is 6.92 Å². The van der Waals surface area contributed by atoms with Crippen LogP contribution in [0.1, 0.15) is 30.6 Å². The highest BCUT2D eigenvalue weighted by molar-refractivity contribution is 5.93. The standard InChI is InChI=1S/C20H23NO5/c1-3-13-25-20(23)15-5-7-16(8-6-15)21-19(22)14-26-18-11-9-17(10-12-18)24-4-2/h5-12H,3-4,13-14H2,1-2H3,(H,21,22).